The average molecular weight is 711 g/mol. The number of halogens is 1. The smallest absolute Gasteiger partial charge is 0.347 e. The van der Waals surface area contributed by atoms with Gasteiger partial charge in [-0.1, -0.05) is 77.5 Å². The topological polar surface area (TPSA) is 78.9 Å². The number of rotatable bonds is 11. The lowest BCUT2D eigenvalue weighted by Crippen LogP contribution is -2.62. The van der Waals surface area contributed by atoms with Crippen LogP contribution in [-0.2, 0) is 28.6 Å². The molecule has 0 N–H and O–H groups in total. The molecule has 8 atom stereocenters. The third-order valence-corrected chi connectivity index (χ3v) is 15.8. The molecule has 7 rings (SSSR count). The number of hydrogen-bond acceptors (Lipinski definition) is 6. The molecule has 7 aliphatic rings. The summed E-state index contributed by atoms with van der Waals surface area (Å²) in [7, 11) is 0. The molecule has 0 spiro atoms. The molecule has 0 amide bonds. The lowest BCUT2D eigenvalue weighted by molar-refractivity contribution is -0.208. The monoisotopic (exact) mass is 710 g/mol. The van der Waals surface area contributed by atoms with Gasteiger partial charge in [-0.05, 0) is 99.2 Å². The van der Waals surface area contributed by atoms with Gasteiger partial charge in [-0.15, -0.1) is 0 Å². The normalized spacial score (nSPS) is 49.0. The van der Waals surface area contributed by atoms with E-state index in [4.69, 9.17) is 14.2 Å². The van der Waals surface area contributed by atoms with Crippen molar-refractivity contribution in [2.75, 3.05) is 6.61 Å². The van der Waals surface area contributed by atoms with Crippen molar-refractivity contribution in [3.8, 4) is 0 Å². The molecule has 1 aliphatic heterocycles. The molecule has 6 saturated carbocycles. The molecule has 7 fully saturated rings. The molecular formula is C36H55IO6. The second kappa shape index (κ2) is 10.1. The predicted molar refractivity (Wildman–Crippen MR) is 173 cm³/mol. The van der Waals surface area contributed by atoms with E-state index in [2.05, 4.69) is 78.0 Å². The maximum Gasteiger partial charge on any atom is 0.347 e. The van der Waals surface area contributed by atoms with Gasteiger partial charge in [0.15, 0.2) is 0 Å². The molecule has 0 aromatic heterocycles. The van der Waals surface area contributed by atoms with Crippen molar-refractivity contribution < 1.29 is 28.6 Å². The molecule has 0 aromatic carbocycles. The summed E-state index contributed by atoms with van der Waals surface area (Å²) in [6.07, 6.45) is 10.4. The minimum Gasteiger partial charge on any atom is -0.463 e. The molecule has 8 unspecified atom stereocenters. The highest BCUT2D eigenvalue weighted by Gasteiger charge is 2.87. The standard InChI is InChI=1S/C36H55IO6/c1-9-12-30(5)20-36(30,29(40)42-26-11-13-41-27(26)38)31(6,10-2)32(7)21-35(32,16-22(3)4)28(39)43-33(8)24-14-23-15-25(33)19-34(37,17-23)18-24/h22-26H,9-21H2,1-8H3. The zero-order chi connectivity index (χ0) is 31.4. The predicted octanol–water partition coefficient (Wildman–Crippen LogP) is 8.22. The van der Waals surface area contributed by atoms with Crippen molar-refractivity contribution in [3.05, 3.63) is 0 Å². The summed E-state index contributed by atoms with van der Waals surface area (Å²) in [5.74, 6) is 1.22. The largest absolute Gasteiger partial charge is 0.463 e. The first-order valence-corrected chi connectivity index (χ1v) is 18.4. The summed E-state index contributed by atoms with van der Waals surface area (Å²) in [5.41, 5.74) is -2.98. The Morgan fingerprint density at radius 1 is 1.05 bits per heavy atom. The van der Waals surface area contributed by atoms with E-state index >= 15 is 0 Å². The molecule has 7 heteroatoms. The zero-order valence-corrected chi connectivity index (χ0v) is 30.1. The summed E-state index contributed by atoms with van der Waals surface area (Å²) < 4.78 is 18.5. The van der Waals surface area contributed by atoms with E-state index in [1.54, 1.807) is 0 Å². The summed E-state index contributed by atoms with van der Waals surface area (Å²) in [4.78, 5) is 41.6. The van der Waals surface area contributed by atoms with Crippen molar-refractivity contribution in [2.45, 2.75) is 148 Å². The Hall–Kier alpha value is -0.860. The SMILES string of the molecule is CCCC1(C)CC1(C(=O)OC1CCOC1=O)C(C)(CC)C1(C)CC1(CC(C)C)C(=O)OC1(C)C2CC3CC1CC(I)(C3)C2. The summed E-state index contributed by atoms with van der Waals surface area (Å²) in [6, 6.07) is 0. The Labute approximate surface area is 273 Å². The Kier molecular flexibility index (Phi) is 7.51. The van der Waals surface area contributed by atoms with Crippen LogP contribution >= 0.6 is 22.6 Å². The van der Waals surface area contributed by atoms with Gasteiger partial charge in [-0.25, -0.2) is 4.79 Å². The molecular weight excluding hydrogens is 655 g/mol. The first-order valence-electron chi connectivity index (χ1n) is 17.3. The van der Waals surface area contributed by atoms with E-state index in [0.717, 1.165) is 57.3 Å². The number of alkyl halides is 1. The highest BCUT2D eigenvalue weighted by Crippen LogP contribution is 2.87. The highest BCUT2D eigenvalue weighted by atomic mass is 127. The van der Waals surface area contributed by atoms with Crippen molar-refractivity contribution in [1.29, 1.82) is 0 Å². The van der Waals surface area contributed by atoms with Gasteiger partial charge in [0, 0.05) is 21.7 Å². The number of cyclic esters (lactones) is 1. The van der Waals surface area contributed by atoms with Crippen LogP contribution in [0.5, 0.6) is 0 Å². The first-order chi connectivity index (χ1) is 20.0. The van der Waals surface area contributed by atoms with E-state index in [1.807, 2.05) is 0 Å². The number of ether oxygens (including phenoxy) is 3. The third-order valence-electron chi connectivity index (χ3n) is 14.5. The van der Waals surface area contributed by atoms with Crippen LogP contribution in [0, 0.1) is 50.7 Å². The highest BCUT2D eigenvalue weighted by molar-refractivity contribution is 14.1. The van der Waals surface area contributed by atoms with Crippen molar-refractivity contribution in [3.63, 3.8) is 0 Å². The van der Waals surface area contributed by atoms with Crippen molar-refractivity contribution in [1.82, 2.24) is 0 Å². The summed E-state index contributed by atoms with van der Waals surface area (Å²) in [5, 5.41) is 0. The Balaban J connectivity index is 1.34. The molecule has 242 valence electrons. The van der Waals surface area contributed by atoms with Crippen LogP contribution in [0.15, 0.2) is 0 Å². The molecule has 6 nitrogen and oxygen atoms in total. The van der Waals surface area contributed by atoms with Crippen LogP contribution in [0.1, 0.15) is 132 Å². The van der Waals surface area contributed by atoms with Crippen LogP contribution in [0.3, 0.4) is 0 Å². The van der Waals surface area contributed by atoms with Crippen LogP contribution in [0.2, 0.25) is 0 Å². The molecule has 43 heavy (non-hydrogen) atoms. The fourth-order valence-corrected chi connectivity index (χ4v) is 13.7. The molecule has 1 heterocycles. The van der Waals surface area contributed by atoms with E-state index in [1.165, 1.54) is 19.3 Å². The molecule has 1 saturated heterocycles. The Morgan fingerprint density at radius 3 is 2.21 bits per heavy atom. The minimum absolute atomic E-state index is 0.0263. The van der Waals surface area contributed by atoms with Crippen molar-refractivity contribution in [2.24, 2.45) is 50.7 Å². The van der Waals surface area contributed by atoms with Crippen molar-refractivity contribution >= 4 is 40.5 Å². The Bertz CT molecular complexity index is 1180. The van der Waals surface area contributed by atoms with Gasteiger partial charge in [0.1, 0.15) is 5.60 Å². The van der Waals surface area contributed by atoms with Crippen LogP contribution in [0.4, 0.5) is 0 Å². The second-order valence-electron chi connectivity index (χ2n) is 17.2. The van der Waals surface area contributed by atoms with Gasteiger partial charge >= 0.3 is 17.9 Å². The fourth-order valence-electron chi connectivity index (χ4n) is 12.0. The van der Waals surface area contributed by atoms with Crippen LogP contribution in [-0.4, -0.2) is 39.6 Å². The van der Waals surface area contributed by atoms with E-state index in [9.17, 15) is 14.4 Å². The minimum atomic E-state index is -0.826. The average Bonchev–Trinajstić information content (AvgIpc) is 3.67. The van der Waals surface area contributed by atoms with E-state index in [0.29, 0.717) is 34.2 Å². The van der Waals surface area contributed by atoms with Gasteiger partial charge in [0.25, 0.3) is 0 Å². The third kappa shape index (κ3) is 4.29. The number of esters is 3. The second-order valence-corrected chi connectivity index (χ2v) is 19.5. The lowest BCUT2D eigenvalue weighted by atomic mass is 9.50. The summed E-state index contributed by atoms with van der Waals surface area (Å²) in [6.45, 7) is 18.0. The lowest BCUT2D eigenvalue weighted by Gasteiger charge is -2.62. The van der Waals surface area contributed by atoms with E-state index in [-0.39, 0.29) is 17.4 Å². The number of carbonyl (C=O) groups is 3. The van der Waals surface area contributed by atoms with Gasteiger partial charge in [-0.3, -0.25) is 9.59 Å². The number of hydrogen-bond donors (Lipinski definition) is 0. The molecule has 0 radical (unpaired) electrons. The quantitative estimate of drug-likeness (QED) is 0.0931. The summed E-state index contributed by atoms with van der Waals surface area (Å²) >= 11 is 2.72. The zero-order valence-electron chi connectivity index (χ0n) is 27.9. The Morgan fingerprint density at radius 2 is 1.70 bits per heavy atom. The molecule has 0 aromatic rings. The van der Waals surface area contributed by atoms with Gasteiger partial charge in [-0.2, -0.15) is 0 Å². The van der Waals surface area contributed by atoms with Gasteiger partial charge in [0.2, 0.25) is 6.10 Å². The van der Waals surface area contributed by atoms with Crippen LogP contribution in [0.25, 0.3) is 0 Å². The van der Waals surface area contributed by atoms with Gasteiger partial charge < -0.3 is 14.2 Å². The van der Waals surface area contributed by atoms with Gasteiger partial charge in [0.05, 0.1) is 17.4 Å². The maximum absolute atomic E-state index is 14.8. The van der Waals surface area contributed by atoms with E-state index < -0.39 is 39.3 Å². The fraction of sp³-hybridized carbons (Fsp3) is 0.917. The maximum atomic E-state index is 14.8. The molecule has 4 bridgehead atoms. The first kappa shape index (κ1) is 32.1. The number of carbonyl (C=O) groups excluding carboxylic acids is 3. The molecule has 6 aliphatic carbocycles. The van der Waals surface area contributed by atoms with Crippen LogP contribution < -0.4 is 0 Å².